The first-order valence-corrected chi connectivity index (χ1v) is 7.18. The van der Waals surface area contributed by atoms with Crippen molar-refractivity contribution in [2.45, 2.75) is 20.0 Å². The average Bonchev–Trinajstić information content (AvgIpc) is 2.91. The van der Waals surface area contributed by atoms with E-state index in [1.807, 2.05) is 29.1 Å². The van der Waals surface area contributed by atoms with Crippen LogP contribution in [0.25, 0.3) is 0 Å². The summed E-state index contributed by atoms with van der Waals surface area (Å²) in [5.41, 5.74) is 1.16. The maximum Gasteiger partial charge on any atom is 0.123 e. The molecule has 0 bridgehead atoms. The summed E-state index contributed by atoms with van der Waals surface area (Å²) in [4.78, 5) is 0. The van der Waals surface area contributed by atoms with Gasteiger partial charge in [-0.25, -0.2) is 0 Å². The van der Waals surface area contributed by atoms with Crippen molar-refractivity contribution >= 4 is 15.9 Å². The van der Waals surface area contributed by atoms with Gasteiger partial charge in [0.15, 0.2) is 0 Å². The summed E-state index contributed by atoms with van der Waals surface area (Å²) >= 11 is 3.49. The molecule has 0 atom stereocenters. The van der Waals surface area contributed by atoms with E-state index in [9.17, 15) is 0 Å². The monoisotopic (exact) mass is 323 g/mol. The highest BCUT2D eigenvalue weighted by Gasteiger charge is 2.04. The molecule has 0 amide bonds. The number of halogens is 1. The van der Waals surface area contributed by atoms with Crippen LogP contribution in [0.1, 0.15) is 12.5 Å². The molecule has 0 unspecified atom stereocenters. The molecule has 0 aliphatic rings. The van der Waals surface area contributed by atoms with E-state index >= 15 is 0 Å². The van der Waals surface area contributed by atoms with Crippen LogP contribution in [0.15, 0.2) is 41.1 Å². The molecule has 102 valence electrons. The molecule has 2 aromatic rings. The third kappa shape index (κ3) is 4.36. The summed E-state index contributed by atoms with van der Waals surface area (Å²) in [6.45, 7) is 5.22. The Morgan fingerprint density at radius 2 is 2.32 bits per heavy atom. The topological polar surface area (TPSA) is 39.1 Å². The third-order valence-electron chi connectivity index (χ3n) is 2.73. The fourth-order valence-corrected chi connectivity index (χ4v) is 2.18. The number of nitrogens with one attached hydrogen (secondary N) is 1. The molecular weight excluding hydrogens is 306 g/mol. The van der Waals surface area contributed by atoms with Crippen LogP contribution < -0.4 is 10.1 Å². The zero-order valence-corrected chi connectivity index (χ0v) is 12.6. The first-order valence-electron chi connectivity index (χ1n) is 6.39. The van der Waals surface area contributed by atoms with E-state index in [-0.39, 0.29) is 0 Å². The summed E-state index contributed by atoms with van der Waals surface area (Å²) in [5, 5.41) is 7.47. The summed E-state index contributed by atoms with van der Waals surface area (Å²) in [7, 11) is 0. The molecule has 0 aliphatic carbocycles. The predicted molar refractivity (Wildman–Crippen MR) is 79.2 cm³/mol. The lowest BCUT2D eigenvalue weighted by Gasteiger charge is -2.12. The lowest BCUT2D eigenvalue weighted by molar-refractivity contribution is 0.288. The van der Waals surface area contributed by atoms with Crippen molar-refractivity contribution in [3.8, 4) is 5.75 Å². The standard InChI is InChI=1S/C14H18BrN3O/c1-2-16-11-12-10-13(15)4-5-14(12)19-9-8-18-7-3-6-17-18/h3-7,10,16H,2,8-9,11H2,1H3. The van der Waals surface area contributed by atoms with Gasteiger partial charge in [0.2, 0.25) is 0 Å². The molecule has 4 nitrogen and oxygen atoms in total. The zero-order chi connectivity index (χ0) is 13.5. The largest absolute Gasteiger partial charge is 0.491 e. The van der Waals surface area contributed by atoms with Crippen LogP contribution in [-0.2, 0) is 13.1 Å². The van der Waals surface area contributed by atoms with Gasteiger partial charge < -0.3 is 10.1 Å². The Balaban J connectivity index is 1.94. The quantitative estimate of drug-likeness (QED) is 0.851. The second kappa shape index (κ2) is 7.31. The van der Waals surface area contributed by atoms with Gasteiger partial charge in [-0.1, -0.05) is 22.9 Å². The van der Waals surface area contributed by atoms with Gasteiger partial charge in [0.1, 0.15) is 12.4 Å². The number of ether oxygens (including phenoxy) is 1. The molecule has 1 aromatic carbocycles. The van der Waals surface area contributed by atoms with E-state index in [2.05, 4.69) is 39.3 Å². The van der Waals surface area contributed by atoms with Gasteiger partial charge >= 0.3 is 0 Å². The highest BCUT2D eigenvalue weighted by Crippen LogP contribution is 2.23. The number of nitrogens with zero attached hydrogens (tertiary/aromatic N) is 2. The van der Waals surface area contributed by atoms with Crippen LogP contribution >= 0.6 is 15.9 Å². The molecule has 0 saturated heterocycles. The van der Waals surface area contributed by atoms with Gasteiger partial charge in [-0.15, -0.1) is 0 Å². The number of hydrogen-bond acceptors (Lipinski definition) is 3. The van der Waals surface area contributed by atoms with Crippen LogP contribution in [0.3, 0.4) is 0 Å². The molecule has 1 N–H and O–H groups in total. The molecular formula is C14H18BrN3O. The summed E-state index contributed by atoms with van der Waals surface area (Å²) in [6.07, 6.45) is 3.71. The predicted octanol–water partition coefficient (Wildman–Crippen LogP) is 2.83. The maximum atomic E-state index is 5.84. The number of aromatic nitrogens is 2. The molecule has 0 spiro atoms. The molecule has 19 heavy (non-hydrogen) atoms. The Kier molecular flexibility index (Phi) is 5.42. The highest BCUT2D eigenvalue weighted by atomic mass is 79.9. The SMILES string of the molecule is CCNCc1cc(Br)ccc1OCCn1cccn1. The molecule has 1 aromatic heterocycles. The van der Waals surface area contributed by atoms with Crippen LogP contribution in [0.2, 0.25) is 0 Å². The van der Waals surface area contributed by atoms with Crippen molar-refractivity contribution in [1.82, 2.24) is 15.1 Å². The van der Waals surface area contributed by atoms with E-state index in [0.29, 0.717) is 6.61 Å². The normalized spacial score (nSPS) is 10.6. The molecule has 5 heteroatoms. The van der Waals surface area contributed by atoms with Gasteiger partial charge in [-0.05, 0) is 30.8 Å². The molecule has 0 aliphatic heterocycles. The van der Waals surface area contributed by atoms with Gasteiger partial charge in [0.25, 0.3) is 0 Å². The fraction of sp³-hybridized carbons (Fsp3) is 0.357. The van der Waals surface area contributed by atoms with E-state index in [1.165, 1.54) is 0 Å². The number of hydrogen-bond donors (Lipinski definition) is 1. The van der Waals surface area contributed by atoms with Gasteiger partial charge in [-0.2, -0.15) is 5.10 Å². The van der Waals surface area contributed by atoms with Gasteiger partial charge in [-0.3, -0.25) is 4.68 Å². The first-order chi connectivity index (χ1) is 9.29. The highest BCUT2D eigenvalue weighted by molar-refractivity contribution is 9.10. The third-order valence-corrected chi connectivity index (χ3v) is 3.22. The second-order valence-electron chi connectivity index (χ2n) is 4.15. The van der Waals surface area contributed by atoms with Crippen LogP contribution in [0.5, 0.6) is 5.75 Å². The summed E-state index contributed by atoms with van der Waals surface area (Å²) in [5.74, 6) is 0.927. The minimum absolute atomic E-state index is 0.614. The van der Waals surface area contributed by atoms with E-state index < -0.39 is 0 Å². The minimum atomic E-state index is 0.614. The smallest absolute Gasteiger partial charge is 0.123 e. The molecule has 0 radical (unpaired) electrons. The second-order valence-corrected chi connectivity index (χ2v) is 5.07. The van der Waals surface area contributed by atoms with Crippen molar-refractivity contribution in [2.24, 2.45) is 0 Å². The number of rotatable bonds is 7. The van der Waals surface area contributed by atoms with E-state index in [0.717, 1.165) is 35.4 Å². The van der Waals surface area contributed by atoms with E-state index in [1.54, 1.807) is 6.20 Å². The van der Waals surface area contributed by atoms with Gasteiger partial charge in [0, 0.05) is 29.0 Å². The van der Waals surface area contributed by atoms with Gasteiger partial charge in [0.05, 0.1) is 6.54 Å². The van der Waals surface area contributed by atoms with E-state index in [4.69, 9.17) is 4.74 Å². The molecule has 2 rings (SSSR count). The summed E-state index contributed by atoms with van der Waals surface area (Å²) < 4.78 is 8.77. The van der Waals surface area contributed by atoms with Crippen LogP contribution in [0.4, 0.5) is 0 Å². The molecule has 0 fully saturated rings. The minimum Gasteiger partial charge on any atom is -0.491 e. The number of benzene rings is 1. The van der Waals surface area contributed by atoms with Crippen molar-refractivity contribution in [1.29, 1.82) is 0 Å². The van der Waals surface area contributed by atoms with Crippen LogP contribution in [-0.4, -0.2) is 22.9 Å². The average molecular weight is 324 g/mol. The lowest BCUT2D eigenvalue weighted by atomic mass is 10.2. The van der Waals surface area contributed by atoms with Crippen molar-refractivity contribution in [3.05, 3.63) is 46.7 Å². The Hall–Kier alpha value is -1.33. The maximum absolute atomic E-state index is 5.84. The Bertz CT molecular complexity index is 499. The zero-order valence-electron chi connectivity index (χ0n) is 11.0. The van der Waals surface area contributed by atoms with Crippen LogP contribution in [0, 0.1) is 0 Å². The Morgan fingerprint density at radius 1 is 1.42 bits per heavy atom. The first kappa shape index (κ1) is 14.1. The van der Waals surface area contributed by atoms with Crippen molar-refractivity contribution in [2.75, 3.05) is 13.2 Å². The molecule has 1 heterocycles. The molecule has 0 saturated carbocycles. The Labute approximate surface area is 121 Å². The van der Waals surface area contributed by atoms with Crippen molar-refractivity contribution < 1.29 is 4.74 Å². The lowest BCUT2D eigenvalue weighted by Crippen LogP contribution is -2.14. The Morgan fingerprint density at radius 3 is 3.05 bits per heavy atom. The van der Waals surface area contributed by atoms with Crippen molar-refractivity contribution in [3.63, 3.8) is 0 Å². The summed E-state index contributed by atoms with van der Waals surface area (Å²) in [6, 6.07) is 8.00. The fourth-order valence-electron chi connectivity index (χ4n) is 1.77.